The molecule has 25 heavy (non-hydrogen) atoms. The molecular weight excluding hydrogens is 313 g/mol. The predicted octanol–water partition coefficient (Wildman–Crippen LogP) is 5.77. The quantitative estimate of drug-likeness (QED) is 0.543. The minimum absolute atomic E-state index is 0.254. The molecule has 3 rings (SSSR count). The highest BCUT2D eigenvalue weighted by Gasteiger charge is 2.00. The van der Waals surface area contributed by atoms with Crippen molar-refractivity contribution in [2.75, 3.05) is 0 Å². The number of halogens is 1. The average Bonchev–Trinajstić information content (AvgIpc) is 2.60. The van der Waals surface area contributed by atoms with Gasteiger partial charge in [-0.25, -0.2) is 4.39 Å². The Balaban J connectivity index is 1.69. The van der Waals surface area contributed by atoms with Crippen molar-refractivity contribution < 1.29 is 9.13 Å². The molecule has 0 aromatic heterocycles. The number of hydrogen-bond acceptors (Lipinski definition) is 2. The standard InChI is InChI=1S/C22H20FNO/c1-16-9-10-22(17(2)11-16)24-14-18-5-4-8-21(13-18)25-15-19-6-3-7-20(23)12-19/h3-14H,15H2,1-2H3. The summed E-state index contributed by atoms with van der Waals surface area (Å²) in [6.45, 7) is 4.45. The van der Waals surface area contributed by atoms with E-state index in [1.54, 1.807) is 6.07 Å². The van der Waals surface area contributed by atoms with Crippen LogP contribution in [0.1, 0.15) is 22.3 Å². The van der Waals surface area contributed by atoms with Crippen LogP contribution in [-0.2, 0) is 6.61 Å². The average molecular weight is 333 g/mol. The molecule has 0 aliphatic carbocycles. The number of benzene rings is 3. The van der Waals surface area contributed by atoms with Gasteiger partial charge in [-0.05, 0) is 60.9 Å². The molecule has 0 N–H and O–H groups in total. The summed E-state index contributed by atoms with van der Waals surface area (Å²) in [4.78, 5) is 4.56. The van der Waals surface area contributed by atoms with Crippen molar-refractivity contribution in [3.63, 3.8) is 0 Å². The molecule has 0 spiro atoms. The molecule has 0 atom stereocenters. The minimum atomic E-state index is -0.254. The number of aliphatic imine (C=N–C) groups is 1. The fourth-order valence-electron chi connectivity index (χ4n) is 2.57. The smallest absolute Gasteiger partial charge is 0.123 e. The molecule has 0 aliphatic rings. The number of nitrogens with zero attached hydrogens (tertiary/aromatic N) is 1. The van der Waals surface area contributed by atoms with E-state index in [9.17, 15) is 4.39 Å². The van der Waals surface area contributed by atoms with Crippen LogP contribution in [0.5, 0.6) is 5.75 Å². The first-order valence-electron chi connectivity index (χ1n) is 8.19. The van der Waals surface area contributed by atoms with Crippen LogP contribution >= 0.6 is 0 Å². The van der Waals surface area contributed by atoms with Gasteiger partial charge in [0.05, 0.1) is 5.69 Å². The summed E-state index contributed by atoms with van der Waals surface area (Å²) in [6.07, 6.45) is 1.83. The second kappa shape index (κ2) is 7.75. The van der Waals surface area contributed by atoms with E-state index in [-0.39, 0.29) is 5.82 Å². The van der Waals surface area contributed by atoms with Gasteiger partial charge < -0.3 is 4.74 Å². The lowest BCUT2D eigenvalue weighted by atomic mass is 10.1. The molecule has 0 aliphatic heterocycles. The zero-order valence-electron chi connectivity index (χ0n) is 14.4. The SMILES string of the molecule is Cc1ccc(N=Cc2cccc(OCc3cccc(F)c3)c2)c(C)c1. The van der Waals surface area contributed by atoms with E-state index in [2.05, 4.69) is 31.0 Å². The summed E-state index contributed by atoms with van der Waals surface area (Å²) in [5.74, 6) is 0.476. The Labute approximate surface area is 147 Å². The second-order valence-electron chi connectivity index (χ2n) is 6.04. The Morgan fingerprint density at radius 1 is 0.960 bits per heavy atom. The largest absolute Gasteiger partial charge is 0.489 e. The summed E-state index contributed by atoms with van der Waals surface area (Å²) in [5, 5.41) is 0. The molecule has 0 unspecified atom stereocenters. The van der Waals surface area contributed by atoms with Crippen molar-refractivity contribution in [3.05, 3.63) is 94.8 Å². The van der Waals surface area contributed by atoms with Gasteiger partial charge in [0.15, 0.2) is 0 Å². The fraction of sp³-hybridized carbons (Fsp3) is 0.136. The lowest BCUT2D eigenvalue weighted by Gasteiger charge is -2.07. The highest BCUT2D eigenvalue weighted by Crippen LogP contribution is 2.20. The van der Waals surface area contributed by atoms with E-state index in [1.165, 1.54) is 17.7 Å². The molecule has 3 aromatic rings. The second-order valence-corrected chi connectivity index (χ2v) is 6.04. The van der Waals surface area contributed by atoms with E-state index in [0.29, 0.717) is 6.61 Å². The third-order valence-electron chi connectivity index (χ3n) is 3.86. The third kappa shape index (κ3) is 4.77. The number of rotatable bonds is 5. The Hall–Kier alpha value is -2.94. The van der Waals surface area contributed by atoms with Crippen molar-refractivity contribution in [3.8, 4) is 5.75 Å². The zero-order valence-corrected chi connectivity index (χ0v) is 14.4. The van der Waals surface area contributed by atoms with Crippen LogP contribution in [0.3, 0.4) is 0 Å². The van der Waals surface area contributed by atoms with Crippen LogP contribution in [0, 0.1) is 19.7 Å². The van der Waals surface area contributed by atoms with E-state index in [4.69, 9.17) is 4.74 Å². The van der Waals surface area contributed by atoms with Gasteiger partial charge in [0.1, 0.15) is 18.2 Å². The van der Waals surface area contributed by atoms with Gasteiger partial charge in [0.25, 0.3) is 0 Å². The summed E-state index contributed by atoms with van der Waals surface area (Å²) in [5.41, 5.74) is 5.08. The normalized spacial score (nSPS) is 11.0. The van der Waals surface area contributed by atoms with E-state index in [1.807, 2.05) is 42.6 Å². The molecule has 3 heteroatoms. The van der Waals surface area contributed by atoms with Gasteiger partial charge in [0, 0.05) is 6.21 Å². The highest BCUT2D eigenvalue weighted by atomic mass is 19.1. The minimum Gasteiger partial charge on any atom is -0.489 e. The van der Waals surface area contributed by atoms with Crippen LogP contribution in [0.2, 0.25) is 0 Å². The Morgan fingerprint density at radius 3 is 2.60 bits per heavy atom. The summed E-state index contributed by atoms with van der Waals surface area (Å²) in [7, 11) is 0. The van der Waals surface area contributed by atoms with Gasteiger partial charge in [-0.1, -0.05) is 42.0 Å². The zero-order chi connectivity index (χ0) is 17.6. The predicted molar refractivity (Wildman–Crippen MR) is 100 cm³/mol. The van der Waals surface area contributed by atoms with Gasteiger partial charge >= 0.3 is 0 Å². The van der Waals surface area contributed by atoms with E-state index >= 15 is 0 Å². The van der Waals surface area contributed by atoms with Gasteiger partial charge in [-0.2, -0.15) is 0 Å². The summed E-state index contributed by atoms with van der Waals surface area (Å²) in [6, 6.07) is 20.3. The number of ether oxygens (including phenoxy) is 1. The Morgan fingerprint density at radius 2 is 1.80 bits per heavy atom. The first kappa shape index (κ1) is 16.9. The van der Waals surface area contributed by atoms with Crippen molar-refractivity contribution in [1.29, 1.82) is 0 Å². The number of aryl methyl sites for hydroxylation is 2. The Bertz CT molecular complexity index is 902. The van der Waals surface area contributed by atoms with Gasteiger partial charge in [-0.3, -0.25) is 4.99 Å². The maximum atomic E-state index is 13.2. The van der Waals surface area contributed by atoms with Crippen molar-refractivity contribution >= 4 is 11.9 Å². The van der Waals surface area contributed by atoms with Crippen LogP contribution in [0.25, 0.3) is 0 Å². The maximum absolute atomic E-state index is 13.2. The van der Waals surface area contributed by atoms with E-state index < -0.39 is 0 Å². The molecule has 0 saturated carbocycles. The lowest BCUT2D eigenvalue weighted by molar-refractivity contribution is 0.305. The van der Waals surface area contributed by atoms with Crippen LogP contribution < -0.4 is 4.74 Å². The Kier molecular flexibility index (Phi) is 5.24. The maximum Gasteiger partial charge on any atom is 0.123 e. The highest BCUT2D eigenvalue weighted by molar-refractivity contribution is 5.82. The van der Waals surface area contributed by atoms with Crippen molar-refractivity contribution in [2.24, 2.45) is 4.99 Å². The number of hydrogen-bond donors (Lipinski definition) is 0. The van der Waals surface area contributed by atoms with Crippen LogP contribution in [-0.4, -0.2) is 6.21 Å². The van der Waals surface area contributed by atoms with Gasteiger partial charge in [-0.15, -0.1) is 0 Å². The molecule has 0 heterocycles. The molecule has 126 valence electrons. The first-order chi connectivity index (χ1) is 12.1. The first-order valence-corrected chi connectivity index (χ1v) is 8.19. The third-order valence-corrected chi connectivity index (χ3v) is 3.86. The molecular formula is C22H20FNO. The van der Waals surface area contributed by atoms with Crippen LogP contribution in [0.4, 0.5) is 10.1 Å². The molecule has 0 amide bonds. The lowest BCUT2D eigenvalue weighted by Crippen LogP contribution is -1.96. The van der Waals surface area contributed by atoms with Crippen molar-refractivity contribution in [1.82, 2.24) is 0 Å². The monoisotopic (exact) mass is 333 g/mol. The summed E-state index contributed by atoms with van der Waals surface area (Å²) >= 11 is 0. The molecule has 0 radical (unpaired) electrons. The van der Waals surface area contributed by atoms with Crippen LogP contribution in [0.15, 0.2) is 71.7 Å². The summed E-state index contributed by atoms with van der Waals surface area (Å²) < 4.78 is 19.0. The fourth-order valence-corrected chi connectivity index (χ4v) is 2.57. The van der Waals surface area contributed by atoms with Gasteiger partial charge in [0.2, 0.25) is 0 Å². The topological polar surface area (TPSA) is 21.6 Å². The van der Waals surface area contributed by atoms with E-state index in [0.717, 1.165) is 28.1 Å². The molecule has 3 aromatic carbocycles. The molecule has 0 saturated heterocycles. The molecule has 0 fully saturated rings. The molecule has 2 nitrogen and oxygen atoms in total. The van der Waals surface area contributed by atoms with Crippen molar-refractivity contribution in [2.45, 2.75) is 20.5 Å². The molecule has 0 bridgehead atoms.